The van der Waals surface area contributed by atoms with Gasteiger partial charge in [-0.15, -0.1) is 0 Å². The minimum atomic E-state index is -1.19. The van der Waals surface area contributed by atoms with Gasteiger partial charge in [0.1, 0.15) is 17.9 Å². The van der Waals surface area contributed by atoms with E-state index in [0.29, 0.717) is 11.5 Å². The summed E-state index contributed by atoms with van der Waals surface area (Å²) in [6.45, 7) is 7.54. The Hall–Kier alpha value is -3.22. The number of amidine groups is 1. The maximum Gasteiger partial charge on any atom is 0.254 e. The van der Waals surface area contributed by atoms with Crippen molar-refractivity contribution in [2.75, 3.05) is 11.4 Å². The fourth-order valence-corrected chi connectivity index (χ4v) is 4.98. The number of carbonyl (C=O) groups excluding carboxylic acids is 3. The maximum atomic E-state index is 14.2. The second-order valence-electron chi connectivity index (χ2n) is 9.68. The Morgan fingerprint density at radius 2 is 1.79 bits per heavy atom. The van der Waals surface area contributed by atoms with Gasteiger partial charge in [0.05, 0.1) is 6.42 Å². The van der Waals surface area contributed by atoms with Gasteiger partial charge in [0, 0.05) is 17.9 Å². The first-order chi connectivity index (χ1) is 15.7. The van der Waals surface area contributed by atoms with Gasteiger partial charge in [-0.05, 0) is 75.4 Å². The molecule has 3 amide bonds. The largest absolute Gasteiger partial charge is 0.352 e. The summed E-state index contributed by atoms with van der Waals surface area (Å²) in [5, 5.41) is 3.09. The van der Waals surface area contributed by atoms with Gasteiger partial charge < -0.3 is 15.1 Å². The minimum absolute atomic E-state index is 0.0570. The summed E-state index contributed by atoms with van der Waals surface area (Å²) < 4.78 is 0. The molecule has 0 saturated heterocycles. The minimum Gasteiger partial charge on any atom is -0.352 e. The Bertz CT molecular complexity index is 1060. The van der Waals surface area contributed by atoms with Crippen LogP contribution < -0.4 is 10.2 Å². The zero-order valence-electron chi connectivity index (χ0n) is 19.9. The fourth-order valence-electron chi connectivity index (χ4n) is 4.98. The summed E-state index contributed by atoms with van der Waals surface area (Å²) in [6.07, 6.45) is 9.59. The highest BCUT2D eigenvalue weighted by Crippen LogP contribution is 2.33. The van der Waals surface area contributed by atoms with Crippen LogP contribution in [-0.2, 0) is 14.4 Å². The molecule has 1 N–H and O–H groups in total. The standard InChI is InChI=1S/C26H32N4O3/c1-17-9-10-22-28-23(31)14-26(4,30(22)15-17)25(33)29(21-12-18(2)11-19(3)13-21)16-24(32)27-20-7-5-6-8-20/h9-13,15,20H,5-8,14,16H2,1-4H3,(H,27,32)/t26-/m1/s1. The number of hydrogen-bond acceptors (Lipinski definition) is 4. The van der Waals surface area contributed by atoms with E-state index in [1.165, 1.54) is 4.90 Å². The second kappa shape index (κ2) is 8.96. The third-order valence-electron chi connectivity index (χ3n) is 6.59. The van der Waals surface area contributed by atoms with E-state index in [2.05, 4.69) is 10.3 Å². The van der Waals surface area contributed by atoms with Crippen LogP contribution in [0, 0.1) is 13.8 Å². The van der Waals surface area contributed by atoms with Crippen molar-refractivity contribution in [3.63, 3.8) is 0 Å². The summed E-state index contributed by atoms with van der Waals surface area (Å²) in [6, 6.07) is 6.02. The lowest BCUT2D eigenvalue weighted by atomic mass is 9.89. The normalized spacial score (nSPS) is 22.5. The predicted molar refractivity (Wildman–Crippen MR) is 129 cm³/mol. The molecule has 2 aliphatic heterocycles. The quantitative estimate of drug-likeness (QED) is 0.747. The van der Waals surface area contributed by atoms with Crippen molar-refractivity contribution >= 4 is 29.2 Å². The van der Waals surface area contributed by atoms with E-state index in [0.717, 1.165) is 42.4 Å². The number of rotatable bonds is 5. The average molecular weight is 449 g/mol. The average Bonchev–Trinajstić information content (AvgIpc) is 3.24. The monoisotopic (exact) mass is 448 g/mol. The Kier molecular flexibility index (Phi) is 6.23. The molecule has 1 fully saturated rings. The summed E-state index contributed by atoms with van der Waals surface area (Å²) in [4.78, 5) is 47.1. The van der Waals surface area contributed by atoms with E-state index in [1.807, 2.05) is 51.2 Å². The molecular formula is C26H32N4O3. The van der Waals surface area contributed by atoms with E-state index in [1.54, 1.807) is 17.9 Å². The third kappa shape index (κ3) is 4.77. The number of aliphatic imine (C=N–C) groups is 1. The van der Waals surface area contributed by atoms with Gasteiger partial charge in [-0.2, -0.15) is 4.99 Å². The fraction of sp³-hybridized carbons (Fsp3) is 0.462. The van der Waals surface area contributed by atoms with E-state index >= 15 is 0 Å². The van der Waals surface area contributed by atoms with Gasteiger partial charge in [-0.1, -0.05) is 25.0 Å². The molecule has 1 aromatic carbocycles. The molecule has 0 spiro atoms. The zero-order chi connectivity index (χ0) is 23.8. The van der Waals surface area contributed by atoms with Crippen molar-refractivity contribution < 1.29 is 14.4 Å². The predicted octanol–water partition coefficient (Wildman–Crippen LogP) is 3.56. The van der Waals surface area contributed by atoms with Gasteiger partial charge in [-0.3, -0.25) is 14.4 Å². The Morgan fingerprint density at radius 1 is 1.12 bits per heavy atom. The number of aryl methyl sites for hydroxylation is 2. The van der Waals surface area contributed by atoms with E-state index < -0.39 is 5.54 Å². The number of hydrogen-bond donors (Lipinski definition) is 1. The molecule has 1 saturated carbocycles. The van der Waals surface area contributed by atoms with Gasteiger partial charge in [0.2, 0.25) is 5.91 Å². The van der Waals surface area contributed by atoms with Crippen molar-refractivity contribution in [1.82, 2.24) is 10.2 Å². The van der Waals surface area contributed by atoms with Crippen LogP contribution in [0.3, 0.4) is 0 Å². The molecule has 2 heterocycles. The Morgan fingerprint density at radius 3 is 2.45 bits per heavy atom. The van der Waals surface area contributed by atoms with Gasteiger partial charge in [0.15, 0.2) is 0 Å². The van der Waals surface area contributed by atoms with Gasteiger partial charge >= 0.3 is 0 Å². The van der Waals surface area contributed by atoms with E-state index in [9.17, 15) is 14.4 Å². The number of nitrogens with one attached hydrogen (secondary N) is 1. The van der Waals surface area contributed by atoms with Crippen molar-refractivity contribution in [3.05, 3.63) is 53.3 Å². The lowest BCUT2D eigenvalue weighted by Gasteiger charge is -2.44. The van der Waals surface area contributed by atoms with Gasteiger partial charge in [0.25, 0.3) is 11.8 Å². The molecule has 3 aliphatic rings. The van der Waals surface area contributed by atoms with Crippen LogP contribution in [0.2, 0.25) is 0 Å². The zero-order valence-corrected chi connectivity index (χ0v) is 19.9. The number of carbonyl (C=O) groups is 3. The molecule has 0 bridgehead atoms. The first-order valence-corrected chi connectivity index (χ1v) is 11.6. The Labute approximate surface area is 195 Å². The smallest absolute Gasteiger partial charge is 0.254 e. The molecule has 7 heteroatoms. The second-order valence-corrected chi connectivity index (χ2v) is 9.68. The van der Waals surface area contributed by atoms with Crippen molar-refractivity contribution in [3.8, 4) is 0 Å². The van der Waals surface area contributed by atoms with E-state index in [4.69, 9.17) is 0 Å². The molecule has 1 aromatic rings. The van der Waals surface area contributed by atoms with Gasteiger partial charge in [-0.25, -0.2) is 0 Å². The summed E-state index contributed by atoms with van der Waals surface area (Å²) in [7, 11) is 0. The number of anilines is 1. The highest BCUT2D eigenvalue weighted by Gasteiger charge is 2.48. The van der Waals surface area contributed by atoms with Crippen LogP contribution >= 0.6 is 0 Å². The van der Waals surface area contributed by atoms with Crippen LogP contribution in [0.1, 0.15) is 57.1 Å². The van der Waals surface area contributed by atoms with Crippen molar-refractivity contribution in [1.29, 1.82) is 0 Å². The first-order valence-electron chi connectivity index (χ1n) is 11.6. The lowest BCUT2D eigenvalue weighted by Crippen LogP contribution is -2.62. The van der Waals surface area contributed by atoms with Crippen LogP contribution in [0.5, 0.6) is 0 Å². The number of benzene rings is 1. The molecule has 0 unspecified atom stereocenters. The van der Waals surface area contributed by atoms with Crippen LogP contribution in [-0.4, -0.2) is 46.6 Å². The first kappa shape index (κ1) is 23.0. The number of amides is 3. The molecule has 1 aliphatic carbocycles. The summed E-state index contributed by atoms with van der Waals surface area (Å²) in [5.41, 5.74) is 2.43. The summed E-state index contributed by atoms with van der Waals surface area (Å²) >= 11 is 0. The highest BCUT2D eigenvalue weighted by molar-refractivity contribution is 6.13. The number of fused-ring (bicyclic) bond motifs is 1. The number of allylic oxidation sites excluding steroid dienone is 2. The van der Waals surface area contributed by atoms with E-state index in [-0.39, 0.29) is 36.7 Å². The SMILES string of the molecule is CC1=CN2C(=NC(=O)C[C@]2(C)C(=O)N(CC(=O)NC2CCCC2)c2cc(C)cc(C)c2)C=C1. The number of nitrogens with zero attached hydrogens (tertiary/aromatic N) is 3. The molecule has 174 valence electrons. The van der Waals surface area contributed by atoms with Crippen LogP contribution in [0.15, 0.2) is 47.1 Å². The summed E-state index contributed by atoms with van der Waals surface area (Å²) in [5.74, 6) is -0.373. The molecular weight excluding hydrogens is 416 g/mol. The molecule has 0 radical (unpaired) electrons. The third-order valence-corrected chi connectivity index (χ3v) is 6.59. The molecule has 1 atom stereocenters. The molecule has 4 rings (SSSR count). The topological polar surface area (TPSA) is 82.1 Å². The van der Waals surface area contributed by atoms with Crippen molar-refractivity contribution in [2.24, 2.45) is 4.99 Å². The lowest BCUT2D eigenvalue weighted by molar-refractivity contribution is -0.133. The molecule has 33 heavy (non-hydrogen) atoms. The van der Waals surface area contributed by atoms with Crippen molar-refractivity contribution in [2.45, 2.75) is 71.4 Å². The van der Waals surface area contributed by atoms with Crippen LogP contribution in [0.25, 0.3) is 0 Å². The maximum absolute atomic E-state index is 14.2. The van der Waals surface area contributed by atoms with Crippen LogP contribution in [0.4, 0.5) is 5.69 Å². The Balaban J connectivity index is 1.70. The highest BCUT2D eigenvalue weighted by atomic mass is 16.2. The molecule has 0 aromatic heterocycles. The molecule has 7 nitrogen and oxygen atoms in total.